The molecule has 0 aromatic carbocycles. The fourth-order valence-corrected chi connectivity index (χ4v) is 2.96. The summed E-state index contributed by atoms with van der Waals surface area (Å²) in [4.78, 5) is 23.3. The molecule has 1 atom stereocenters. The molecule has 0 N–H and O–H groups in total. The third-order valence-electron chi connectivity index (χ3n) is 4.98. The summed E-state index contributed by atoms with van der Waals surface area (Å²) in [6.45, 7) is 5.93. The van der Waals surface area contributed by atoms with Crippen molar-refractivity contribution in [1.82, 2.24) is 0 Å². The monoisotopic (exact) mass is 400 g/mol. The lowest BCUT2D eigenvalue weighted by molar-refractivity contribution is -0.150. The molecule has 0 aliphatic heterocycles. The van der Waals surface area contributed by atoms with Gasteiger partial charge in [0.05, 0.1) is 26.1 Å². The van der Waals surface area contributed by atoms with Crippen molar-refractivity contribution in [3.05, 3.63) is 0 Å². The van der Waals surface area contributed by atoms with Gasteiger partial charge in [-0.05, 0) is 25.2 Å². The normalized spacial score (nSPS) is 12.0. The minimum absolute atomic E-state index is 0.101. The fourth-order valence-electron chi connectivity index (χ4n) is 2.96. The van der Waals surface area contributed by atoms with Gasteiger partial charge in [0.2, 0.25) is 0 Å². The highest BCUT2D eigenvalue weighted by Crippen LogP contribution is 2.11. The first-order valence-corrected chi connectivity index (χ1v) is 11.4. The maximum absolute atomic E-state index is 11.7. The molecule has 0 saturated carbocycles. The number of hydrogen-bond acceptors (Lipinski definition) is 5. The molecule has 1 unspecified atom stereocenters. The average Bonchev–Trinajstić information content (AvgIpc) is 2.68. The maximum Gasteiger partial charge on any atom is 0.306 e. The quantitative estimate of drug-likeness (QED) is 0.190. The molecule has 28 heavy (non-hydrogen) atoms. The second-order valence-electron chi connectivity index (χ2n) is 7.80. The highest BCUT2D eigenvalue weighted by Gasteiger charge is 2.10. The molecule has 0 spiro atoms. The number of esters is 2. The van der Waals surface area contributed by atoms with Crippen molar-refractivity contribution in [1.29, 1.82) is 0 Å². The Labute approximate surface area is 172 Å². The molecule has 0 heterocycles. The summed E-state index contributed by atoms with van der Waals surface area (Å²) in [5, 5.41) is 0. The summed E-state index contributed by atoms with van der Waals surface area (Å²) >= 11 is 0. The van der Waals surface area contributed by atoms with Crippen LogP contribution in [0.5, 0.6) is 0 Å². The van der Waals surface area contributed by atoms with Crippen LogP contribution in [0.2, 0.25) is 0 Å². The predicted molar refractivity (Wildman–Crippen MR) is 113 cm³/mol. The van der Waals surface area contributed by atoms with Crippen LogP contribution in [0.1, 0.15) is 104 Å². The fraction of sp³-hybridized carbons (Fsp3) is 0.913. The standard InChI is InChI=1S/C23H44O5/c1-4-5-6-7-8-9-10-11-12-13-18-27-22(24)14-15-23(25)28-20-17-21(2)16-19-26-3/h21H,4-20H2,1-3H3. The lowest BCUT2D eigenvalue weighted by Gasteiger charge is -2.11. The molecule has 5 heteroatoms. The summed E-state index contributed by atoms with van der Waals surface area (Å²) < 4.78 is 15.4. The van der Waals surface area contributed by atoms with Crippen molar-refractivity contribution in [2.75, 3.05) is 26.9 Å². The molecule has 0 aliphatic carbocycles. The van der Waals surface area contributed by atoms with Crippen molar-refractivity contribution < 1.29 is 23.8 Å². The van der Waals surface area contributed by atoms with Crippen LogP contribution in [0, 0.1) is 5.92 Å². The van der Waals surface area contributed by atoms with Crippen LogP contribution in [0.25, 0.3) is 0 Å². The highest BCUT2D eigenvalue weighted by atomic mass is 16.5. The van der Waals surface area contributed by atoms with Crippen molar-refractivity contribution in [2.24, 2.45) is 5.92 Å². The van der Waals surface area contributed by atoms with Gasteiger partial charge in [-0.3, -0.25) is 9.59 Å². The van der Waals surface area contributed by atoms with Gasteiger partial charge in [-0.25, -0.2) is 0 Å². The summed E-state index contributed by atoms with van der Waals surface area (Å²) in [7, 11) is 1.68. The van der Waals surface area contributed by atoms with E-state index in [0.717, 1.165) is 32.3 Å². The van der Waals surface area contributed by atoms with E-state index in [1.165, 1.54) is 51.4 Å². The van der Waals surface area contributed by atoms with E-state index in [2.05, 4.69) is 13.8 Å². The van der Waals surface area contributed by atoms with E-state index in [-0.39, 0.29) is 24.8 Å². The van der Waals surface area contributed by atoms with Gasteiger partial charge in [0.25, 0.3) is 0 Å². The molecular weight excluding hydrogens is 356 g/mol. The predicted octanol–water partition coefficient (Wildman–Crippen LogP) is 5.84. The van der Waals surface area contributed by atoms with Crippen LogP contribution < -0.4 is 0 Å². The van der Waals surface area contributed by atoms with Crippen molar-refractivity contribution in [2.45, 2.75) is 104 Å². The van der Waals surface area contributed by atoms with Gasteiger partial charge in [0.1, 0.15) is 0 Å². The van der Waals surface area contributed by atoms with E-state index in [4.69, 9.17) is 14.2 Å². The van der Waals surface area contributed by atoms with Crippen LogP contribution in [0.4, 0.5) is 0 Å². The first kappa shape index (κ1) is 26.9. The molecule has 0 aliphatic rings. The highest BCUT2D eigenvalue weighted by molar-refractivity contribution is 5.77. The Hall–Kier alpha value is -1.10. The molecule has 0 aromatic heterocycles. The van der Waals surface area contributed by atoms with Gasteiger partial charge in [-0.2, -0.15) is 0 Å². The molecule has 166 valence electrons. The third kappa shape index (κ3) is 19.7. The van der Waals surface area contributed by atoms with E-state index < -0.39 is 0 Å². The zero-order chi connectivity index (χ0) is 20.9. The van der Waals surface area contributed by atoms with Crippen LogP contribution in [-0.4, -0.2) is 38.9 Å². The largest absolute Gasteiger partial charge is 0.466 e. The Kier molecular flexibility index (Phi) is 19.8. The lowest BCUT2D eigenvalue weighted by Crippen LogP contribution is -2.13. The number of methoxy groups -OCH3 is 1. The molecule has 0 aromatic rings. The first-order chi connectivity index (χ1) is 13.6. The smallest absolute Gasteiger partial charge is 0.306 e. The van der Waals surface area contributed by atoms with E-state index >= 15 is 0 Å². The maximum atomic E-state index is 11.7. The van der Waals surface area contributed by atoms with Gasteiger partial charge in [0.15, 0.2) is 0 Å². The first-order valence-electron chi connectivity index (χ1n) is 11.4. The number of unbranched alkanes of at least 4 members (excludes halogenated alkanes) is 9. The van der Waals surface area contributed by atoms with E-state index in [0.29, 0.717) is 19.1 Å². The average molecular weight is 401 g/mol. The second-order valence-corrected chi connectivity index (χ2v) is 7.80. The number of carbonyl (C=O) groups is 2. The van der Waals surface area contributed by atoms with Crippen molar-refractivity contribution in [3.63, 3.8) is 0 Å². The Bertz CT molecular complexity index is 370. The van der Waals surface area contributed by atoms with Gasteiger partial charge in [-0.15, -0.1) is 0 Å². The zero-order valence-corrected chi connectivity index (χ0v) is 18.6. The third-order valence-corrected chi connectivity index (χ3v) is 4.98. The van der Waals surface area contributed by atoms with Crippen molar-refractivity contribution >= 4 is 11.9 Å². The van der Waals surface area contributed by atoms with E-state index in [1.807, 2.05) is 0 Å². The van der Waals surface area contributed by atoms with Gasteiger partial charge < -0.3 is 14.2 Å². The van der Waals surface area contributed by atoms with Crippen LogP contribution in [-0.2, 0) is 23.8 Å². The van der Waals surface area contributed by atoms with E-state index in [1.54, 1.807) is 7.11 Å². The number of rotatable bonds is 20. The molecule has 0 bridgehead atoms. The lowest BCUT2D eigenvalue weighted by atomic mass is 10.1. The van der Waals surface area contributed by atoms with Gasteiger partial charge in [-0.1, -0.05) is 71.6 Å². The molecule has 0 saturated heterocycles. The number of carbonyl (C=O) groups excluding carboxylic acids is 2. The van der Waals surface area contributed by atoms with Crippen LogP contribution in [0.3, 0.4) is 0 Å². The van der Waals surface area contributed by atoms with E-state index in [9.17, 15) is 9.59 Å². The summed E-state index contributed by atoms with van der Waals surface area (Å²) in [6.07, 6.45) is 14.5. The molecular formula is C23H44O5. The minimum atomic E-state index is -0.324. The summed E-state index contributed by atoms with van der Waals surface area (Å²) in [5.74, 6) is -0.171. The molecule has 0 amide bonds. The number of hydrogen-bond donors (Lipinski definition) is 0. The molecule has 0 radical (unpaired) electrons. The summed E-state index contributed by atoms with van der Waals surface area (Å²) in [6, 6.07) is 0. The molecule has 5 nitrogen and oxygen atoms in total. The minimum Gasteiger partial charge on any atom is -0.466 e. The van der Waals surface area contributed by atoms with Gasteiger partial charge >= 0.3 is 11.9 Å². The Morgan fingerprint density at radius 2 is 1.14 bits per heavy atom. The molecule has 0 fully saturated rings. The van der Waals surface area contributed by atoms with Crippen LogP contribution in [0.15, 0.2) is 0 Å². The SMILES string of the molecule is CCCCCCCCCCCCOC(=O)CCC(=O)OCCC(C)CCOC. The second kappa shape index (κ2) is 20.6. The Morgan fingerprint density at radius 3 is 1.68 bits per heavy atom. The van der Waals surface area contributed by atoms with Crippen molar-refractivity contribution in [3.8, 4) is 0 Å². The Balaban J connectivity index is 3.39. The van der Waals surface area contributed by atoms with Gasteiger partial charge in [0, 0.05) is 13.7 Å². The molecule has 0 rings (SSSR count). The zero-order valence-electron chi connectivity index (χ0n) is 18.6. The van der Waals surface area contributed by atoms with Crippen LogP contribution >= 0.6 is 0 Å². The Morgan fingerprint density at radius 1 is 0.679 bits per heavy atom. The topological polar surface area (TPSA) is 61.8 Å². The number of ether oxygens (including phenoxy) is 3. The summed E-state index contributed by atoms with van der Waals surface area (Å²) in [5.41, 5.74) is 0.